The van der Waals surface area contributed by atoms with E-state index in [2.05, 4.69) is 23.9 Å². The number of alkyl halides is 3. The lowest BCUT2D eigenvalue weighted by Gasteiger charge is -2.35. The molecule has 0 aliphatic heterocycles. The lowest BCUT2D eigenvalue weighted by Crippen LogP contribution is -2.44. The van der Waals surface area contributed by atoms with Crippen molar-refractivity contribution in [1.82, 2.24) is 19.7 Å². The molecule has 0 saturated heterocycles. The third-order valence-electron chi connectivity index (χ3n) is 9.59. The van der Waals surface area contributed by atoms with Gasteiger partial charge in [-0.15, -0.1) is 0 Å². The van der Waals surface area contributed by atoms with Gasteiger partial charge >= 0.3 is 12.1 Å². The fourth-order valence-electron chi connectivity index (χ4n) is 6.85. The number of amides is 1. The van der Waals surface area contributed by atoms with Crippen molar-refractivity contribution >= 4 is 29.3 Å². The topological polar surface area (TPSA) is 105 Å². The third-order valence-corrected chi connectivity index (χ3v) is 9.90. The van der Waals surface area contributed by atoms with Gasteiger partial charge in [0.2, 0.25) is 5.78 Å². The van der Waals surface area contributed by atoms with E-state index in [9.17, 15) is 32.7 Å². The van der Waals surface area contributed by atoms with Crippen LogP contribution in [0.4, 0.5) is 13.2 Å². The van der Waals surface area contributed by atoms with Gasteiger partial charge in [-0.05, 0) is 74.8 Å². The summed E-state index contributed by atoms with van der Waals surface area (Å²) < 4.78 is 44.4. The molecule has 0 aromatic carbocycles. The van der Waals surface area contributed by atoms with Gasteiger partial charge in [0.25, 0.3) is 5.91 Å². The van der Waals surface area contributed by atoms with Crippen LogP contribution in [0.15, 0.2) is 24.5 Å². The van der Waals surface area contributed by atoms with Gasteiger partial charge in [0.1, 0.15) is 5.69 Å². The van der Waals surface area contributed by atoms with E-state index in [1.165, 1.54) is 17.2 Å². The monoisotopic (exact) mass is 580 g/mol. The zero-order valence-corrected chi connectivity index (χ0v) is 23.3. The van der Waals surface area contributed by atoms with Crippen molar-refractivity contribution in [3.8, 4) is 0 Å². The Hall–Kier alpha value is -2.95. The van der Waals surface area contributed by atoms with Crippen molar-refractivity contribution in [1.29, 1.82) is 0 Å². The molecule has 1 amide bonds. The normalized spacial score (nSPS) is 29.1. The number of ketones is 1. The van der Waals surface area contributed by atoms with Crippen LogP contribution in [-0.4, -0.2) is 55.0 Å². The second-order valence-electron chi connectivity index (χ2n) is 12.3. The molecule has 12 heteroatoms. The molecule has 5 rings (SSSR count). The Balaban J connectivity index is 1.46. The molecule has 40 heavy (non-hydrogen) atoms. The minimum atomic E-state index is -4.89. The number of halogens is 4. The molecule has 8 nitrogen and oxygen atoms in total. The molecule has 1 N–H and O–H groups in total. The molecular formula is C28H32ClF3N4O4. The number of hydrogen-bond donors (Lipinski definition) is 1. The molecule has 3 saturated carbocycles. The molecule has 0 bridgehead atoms. The summed E-state index contributed by atoms with van der Waals surface area (Å²) in [5, 5.41) is 13.6. The summed E-state index contributed by atoms with van der Waals surface area (Å²) in [5.41, 5.74) is -2.73. The van der Waals surface area contributed by atoms with Crippen LogP contribution < -0.4 is 0 Å². The van der Waals surface area contributed by atoms with Crippen molar-refractivity contribution in [3.05, 3.63) is 46.5 Å². The van der Waals surface area contributed by atoms with Gasteiger partial charge in [-0.2, -0.15) is 18.3 Å². The molecule has 3 fully saturated rings. The number of carbonyl (C=O) groups excluding carboxylic acids is 2. The van der Waals surface area contributed by atoms with E-state index in [0.29, 0.717) is 24.7 Å². The highest BCUT2D eigenvalue weighted by Crippen LogP contribution is 2.67. The summed E-state index contributed by atoms with van der Waals surface area (Å²) in [4.78, 5) is 44.0. The van der Waals surface area contributed by atoms with Gasteiger partial charge in [0, 0.05) is 12.2 Å². The smallest absolute Gasteiger partial charge is 0.433 e. The van der Waals surface area contributed by atoms with Gasteiger partial charge in [0.05, 0.1) is 34.8 Å². The summed E-state index contributed by atoms with van der Waals surface area (Å²) >= 11 is 6.15. The molecule has 3 aliphatic rings. The largest absolute Gasteiger partial charge is 0.481 e. The number of pyridine rings is 1. The van der Waals surface area contributed by atoms with Crippen molar-refractivity contribution in [3.63, 3.8) is 0 Å². The van der Waals surface area contributed by atoms with E-state index >= 15 is 0 Å². The second-order valence-corrected chi connectivity index (χ2v) is 12.7. The number of carbonyl (C=O) groups is 3. The predicted molar refractivity (Wildman–Crippen MR) is 139 cm³/mol. The molecule has 3 atom stereocenters. The van der Waals surface area contributed by atoms with Gasteiger partial charge in [0.15, 0.2) is 5.69 Å². The van der Waals surface area contributed by atoms with Crippen molar-refractivity contribution in [2.45, 2.75) is 77.6 Å². The zero-order valence-electron chi connectivity index (χ0n) is 22.5. The summed E-state index contributed by atoms with van der Waals surface area (Å²) in [6, 6.07) is 1.94. The lowest BCUT2D eigenvalue weighted by molar-refractivity contribution is -0.152. The average molecular weight is 581 g/mol. The minimum Gasteiger partial charge on any atom is -0.481 e. The van der Waals surface area contributed by atoms with Crippen molar-refractivity contribution < 1.29 is 32.7 Å². The molecule has 2 heterocycles. The Labute approximate surface area is 234 Å². The fourth-order valence-corrected chi connectivity index (χ4v) is 7.08. The van der Waals surface area contributed by atoms with Crippen LogP contribution in [0.5, 0.6) is 0 Å². The predicted octanol–water partition coefficient (Wildman–Crippen LogP) is 5.92. The highest BCUT2D eigenvalue weighted by atomic mass is 35.5. The summed E-state index contributed by atoms with van der Waals surface area (Å²) in [7, 11) is 0. The molecule has 216 valence electrons. The number of hydrogen-bond acceptors (Lipinski definition) is 5. The summed E-state index contributed by atoms with van der Waals surface area (Å²) in [5.74, 6) is -1.78. The standard InChI is InChI=1S/C28H32ClF3N4O4/c1-26(2)18-11-16(12-19(18)26)35(14-21(37)22-20(29)5-4-10-33-22)24(38)17-13-34-36(23(17)28(30,31)32)15-6-8-27(3,9-7-15)25(39)40/h4-5,10,13,15-16,18-19H,6-9,11-12,14H2,1-3H3,(H,39,40)/t15?,16-,18+,19-,27?. The number of fused-ring (bicyclic) bond motifs is 1. The van der Waals surface area contributed by atoms with Gasteiger partial charge < -0.3 is 10.0 Å². The number of nitrogens with zero attached hydrogens (tertiary/aromatic N) is 4. The molecule has 0 radical (unpaired) electrons. The van der Waals surface area contributed by atoms with Crippen LogP contribution in [0.25, 0.3) is 0 Å². The van der Waals surface area contributed by atoms with E-state index < -0.39 is 59.1 Å². The fraction of sp³-hybridized carbons (Fsp3) is 0.607. The van der Waals surface area contributed by atoms with E-state index in [1.54, 1.807) is 13.0 Å². The molecule has 2 aromatic heterocycles. The number of aliphatic carboxylic acids is 1. The first-order chi connectivity index (χ1) is 18.6. The average Bonchev–Trinajstić information content (AvgIpc) is 3.31. The first-order valence-corrected chi connectivity index (χ1v) is 13.9. The quantitative estimate of drug-likeness (QED) is 0.408. The summed E-state index contributed by atoms with van der Waals surface area (Å²) in [6.07, 6.45) is -0.624. The van der Waals surface area contributed by atoms with Crippen LogP contribution in [0.2, 0.25) is 5.02 Å². The first kappa shape index (κ1) is 28.6. The number of aromatic nitrogens is 3. The van der Waals surface area contributed by atoms with E-state index in [-0.39, 0.29) is 41.8 Å². The number of carboxylic acids is 1. The number of carboxylic acid groups (broad SMARTS) is 1. The molecule has 2 aromatic rings. The van der Waals surface area contributed by atoms with Crippen LogP contribution in [0, 0.1) is 22.7 Å². The second kappa shape index (κ2) is 9.85. The van der Waals surface area contributed by atoms with E-state index in [1.807, 2.05) is 0 Å². The van der Waals surface area contributed by atoms with Crippen LogP contribution >= 0.6 is 11.6 Å². The summed E-state index contributed by atoms with van der Waals surface area (Å²) in [6.45, 7) is 5.40. The molecule has 3 aliphatic carbocycles. The van der Waals surface area contributed by atoms with Crippen molar-refractivity contribution in [2.75, 3.05) is 6.54 Å². The van der Waals surface area contributed by atoms with E-state index in [4.69, 9.17) is 11.6 Å². The Morgan fingerprint density at radius 2 is 1.77 bits per heavy atom. The highest BCUT2D eigenvalue weighted by molar-refractivity contribution is 6.33. The van der Waals surface area contributed by atoms with Crippen LogP contribution in [0.3, 0.4) is 0 Å². The third kappa shape index (κ3) is 4.90. The molecule has 0 unspecified atom stereocenters. The lowest BCUT2D eigenvalue weighted by atomic mass is 9.74. The maximum Gasteiger partial charge on any atom is 0.433 e. The first-order valence-electron chi connectivity index (χ1n) is 13.5. The van der Waals surface area contributed by atoms with Gasteiger partial charge in [-0.3, -0.25) is 24.0 Å². The Morgan fingerprint density at radius 1 is 1.15 bits per heavy atom. The molecule has 0 spiro atoms. The maximum atomic E-state index is 14.5. The van der Waals surface area contributed by atoms with Gasteiger partial charge in [-0.25, -0.2) is 0 Å². The van der Waals surface area contributed by atoms with Gasteiger partial charge in [-0.1, -0.05) is 25.4 Å². The maximum absolute atomic E-state index is 14.5. The SMILES string of the molecule is CC1(C(=O)O)CCC(n2ncc(C(=O)N(CC(=O)c3ncccc3Cl)[C@H]3C[C@@H]4[C@H](C3)C4(C)C)c2C(F)(F)F)CC1. The Morgan fingerprint density at radius 3 is 2.33 bits per heavy atom. The molecular weight excluding hydrogens is 549 g/mol. The van der Waals surface area contributed by atoms with E-state index in [0.717, 1.165) is 10.9 Å². The van der Waals surface area contributed by atoms with Crippen LogP contribution in [-0.2, 0) is 11.0 Å². The highest BCUT2D eigenvalue weighted by Gasteiger charge is 2.63. The minimum absolute atomic E-state index is 0.0409. The Bertz CT molecular complexity index is 1340. The Kier molecular flexibility index (Phi) is 7.04. The zero-order chi connectivity index (χ0) is 29.2. The number of Topliss-reactive ketones (excluding diaryl/α,β-unsaturated/α-hetero) is 1. The van der Waals surface area contributed by atoms with Crippen LogP contribution in [0.1, 0.15) is 91.9 Å². The van der Waals surface area contributed by atoms with Crippen molar-refractivity contribution in [2.24, 2.45) is 22.7 Å². The number of rotatable bonds is 7.